The molecule has 1 N–H and O–H groups in total. The number of nitrogens with zero attached hydrogens (tertiary/aromatic N) is 2. The summed E-state index contributed by atoms with van der Waals surface area (Å²) in [5, 5.41) is 8.93. The van der Waals surface area contributed by atoms with Crippen molar-refractivity contribution in [1.29, 1.82) is 0 Å². The molecular weight excluding hydrogens is 297 g/mol. The highest BCUT2D eigenvalue weighted by Crippen LogP contribution is 2.38. The van der Waals surface area contributed by atoms with Crippen LogP contribution in [0.1, 0.15) is 24.5 Å². The molecule has 1 aromatic carbocycles. The Kier molecular flexibility index (Phi) is 4.97. The molecule has 0 spiro atoms. The van der Waals surface area contributed by atoms with Crippen molar-refractivity contribution < 1.29 is 23.0 Å². The lowest BCUT2D eigenvalue weighted by molar-refractivity contribution is -0.137. The summed E-state index contributed by atoms with van der Waals surface area (Å²) in [6.07, 6.45) is -1.25. The number of aliphatic hydroxyl groups excluding tert-OH is 1. The van der Waals surface area contributed by atoms with Gasteiger partial charge < -0.3 is 9.84 Å². The summed E-state index contributed by atoms with van der Waals surface area (Å²) in [6.45, 7) is 1.95. The smallest absolute Gasteiger partial charge is 0.417 e. The highest BCUT2D eigenvalue weighted by molar-refractivity contribution is 5.62. The monoisotopic (exact) mass is 312 g/mol. The Balaban J connectivity index is 2.44. The highest BCUT2D eigenvalue weighted by Gasteiger charge is 2.35. The number of halogens is 3. The lowest BCUT2D eigenvalue weighted by atomic mass is 10.1. The van der Waals surface area contributed by atoms with Crippen LogP contribution in [0.2, 0.25) is 0 Å². The molecule has 0 aliphatic heterocycles. The zero-order valence-corrected chi connectivity index (χ0v) is 11.9. The van der Waals surface area contributed by atoms with Crippen molar-refractivity contribution in [2.24, 2.45) is 0 Å². The minimum Gasteiger partial charge on any atom is -0.494 e. The van der Waals surface area contributed by atoms with Gasteiger partial charge >= 0.3 is 6.18 Å². The van der Waals surface area contributed by atoms with E-state index < -0.39 is 11.7 Å². The summed E-state index contributed by atoms with van der Waals surface area (Å²) in [5.41, 5.74) is -0.543. The van der Waals surface area contributed by atoms with Gasteiger partial charge in [-0.3, -0.25) is 0 Å². The molecule has 0 aliphatic carbocycles. The average Bonchev–Trinajstić information content (AvgIpc) is 2.52. The summed E-state index contributed by atoms with van der Waals surface area (Å²) < 4.78 is 44.9. The Morgan fingerprint density at radius 2 is 1.86 bits per heavy atom. The third-order valence-electron chi connectivity index (χ3n) is 2.90. The van der Waals surface area contributed by atoms with Crippen LogP contribution in [0, 0.1) is 0 Å². The zero-order valence-electron chi connectivity index (χ0n) is 11.9. The van der Waals surface area contributed by atoms with Crippen molar-refractivity contribution in [2.75, 3.05) is 6.61 Å². The van der Waals surface area contributed by atoms with E-state index in [9.17, 15) is 13.2 Å². The number of hydrogen-bond donors (Lipinski definition) is 1. The van der Waals surface area contributed by atoms with Crippen LogP contribution in [0.15, 0.2) is 30.6 Å². The maximum absolute atomic E-state index is 13.2. The number of aliphatic hydroxyl groups is 1. The van der Waals surface area contributed by atoms with Gasteiger partial charge in [-0.05, 0) is 24.6 Å². The molecule has 2 rings (SSSR count). The number of benzene rings is 1. The molecule has 0 fully saturated rings. The summed E-state index contributed by atoms with van der Waals surface area (Å²) >= 11 is 0. The van der Waals surface area contributed by atoms with E-state index in [-0.39, 0.29) is 23.7 Å². The van der Waals surface area contributed by atoms with E-state index in [1.165, 1.54) is 24.5 Å². The van der Waals surface area contributed by atoms with Gasteiger partial charge in [0, 0.05) is 23.5 Å². The molecule has 0 amide bonds. The fourth-order valence-electron chi connectivity index (χ4n) is 1.84. The lowest BCUT2D eigenvalue weighted by Crippen LogP contribution is -2.09. The second-order valence-corrected chi connectivity index (χ2v) is 4.63. The van der Waals surface area contributed by atoms with Gasteiger partial charge in [0.15, 0.2) is 5.82 Å². The van der Waals surface area contributed by atoms with E-state index in [0.717, 1.165) is 6.07 Å². The van der Waals surface area contributed by atoms with E-state index in [2.05, 4.69) is 9.97 Å². The topological polar surface area (TPSA) is 55.2 Å². The summed E-state index contributed by atoms with van der Waals surface area (Å²) in [5.74, 6) is 0.108. The second kappa shape index (κ2) is 6.74. The van der Waals surface area contributed by atoms with Gasteiger partial charge in [0.25, 0.3) is 0 Å². The molecule has 0 radical (unpaired) electrons. The molecule has 2 aromatic rings. The zero-order chi connectivity index (χ0) is 16.2. The predicted octanol–water partition coefficient (Wildman–Crippen LogP) is 3.44. The standard InChI is InChI=1S/C15H15F3N2O2/c1-2-5-22-11-3-4-12(13(6-11)15(16,17)18)14-19-7-10(9-21)8-20-14/h3-4,6-8,21H,2,5,9H2,1H3. The van der Waals surface area contributed by atoms with Crippen LogP contribution >= 0.6 is 0 Å². The van der Waals surface area contributed by atoms with Crippen molar-refractivity contribution in [3.8, 4) is 17.1 Å². The molecule has 0 atom stereocenters. The molecule has 118 valence electrons. The first-order chi connectivity index (χ1) is 10.5. The number of rotatable bonds is 5. The van der Waals surface area contributed by atoms with Crippen LogP contribution in [-0.4, -0.2) is 21.7 Å². The second-order valence-electron chi connectivity index (χ2n) is 4.63. The molecule has 0 saturated carbocycles. The van der Waals surface area contributed by atoms with Gasteiger partial charge in [0.1, 0.15) is 5.75 Å². The Morgan fingerprint density at radius 3 is 2.41 bits per heavy atom. The minimum absolute atomic E-state index is 0.0495. The SMILES string of the molecule is CCCOc1ccc(-c2ncc(CO)cn2)c(C(F)(F)F)c1. The molecule has 0 bridgehead atoms. The molecule has 7 heteroatoms. The Labute approximate surface area is 125 Å². The van der Waals surface area contributed by atoms with Gasteiger partial charge in [-0.25, -0.2) is 9.97 Å². The van der Waals surface area contributed by atoms with Crippen LogP contribution < -0.4 is 4.74 Å². The van der Waals surface area contributed by atoms with Crippen molar-refractivity contribution >= 4 is 0 Å². The average molecular weight is 312 g/mol. The van der Waals surface area contributed by atoms with E-state index >= 15 is 0 Å². The quantitative estimate of drug-likeness (QED) is 0.919. The third-order valence-corrected chi connectivity index (χ3v) is 2.90. The first-order valence-corrected chi connectivity index (χ1v) is 6.72. The Bertz CT molecular complexity index is 628. The van der Waals surface area contributed by atoms with Crippen LogP contribution in [0.4, 0.5) is 13.2 Å². The van der Waals surface area contributed by atoms with Crippen LogP contribution in [-0.2, 0) is 12.8 Å². The third kappa shape index (κ3) is 3.73. The first-order valence-electron chi connectivity index (χ1n) is 6.72. The summed E-state index contributed by atoms with van der Waals surface area (Å²) in [4.78, 5) is 7.75. The van der Waals surface area contributed by atoms with E-state index in [1.807, 2.05) is 6.92 Å². The molecule has 0 aliphatic rings. The molecule has 0 unspecified atom stereocenters. The van der Waals surface area contributed by atoms with Crippen LogP contribution in [0.25, 0.3) is 11.4 Å². The van der Waals surface area contributed by atoms with Gasteiger partial charge in [-0.15, -0.1) is 0 Å². The van der Waals surface area contributed by atoms with Crippen LogP contribution in [0.5, 0.6) is 5.75 Å². The predicted molar refractivity (Wildman–Crippen MR) is 74.2 cm³/mol. The van der Waals surface area contributed by atoms with E-state index in [0.29, 0.717) is 18.6 Å². The van der Waals surface area contributed by atoms with Crippen molar-refractivity contribution in [3.63, 3.8) is 0 Å². The Hall–Kier alpha value is -2.15. The minimum atomic E-state index is -4.54. The van der Waals surface area contributed by atoms with Crippen LogP contribution in [0.3, 0.4) is 0 Å². The van der Waals surface area contributed by atoms with Gasteiger partial charge in [-0.2, -0.15) is 13.2 Å². The van der Waals surface area contributed by atoms with E-state index in [1.54, 1.807) is 0 Å². The number of aromatic nitrogens is 2. The Morgan fingerprint density at radius 1 is 1.18 bits per heavy atom. The van der Waals surface area contributed by atoms with E-state index in [4.69, 9.17) is 9.84 Å². The normalized spacial score (nSPS) is 11.5. The maximum atomic E-state index is 13.2. The van der Waals surface area contributed by atoms with Gasteiger partial charge in [0.2, 0.25) is 0 Å². The van der Waals surface area contributed by atoms with Crippen molar-refractivity contribution in [2.45, 2.75) is 26.1 Å². The fourth-order valence-corrected chi connectivity index (χ4v) is 1.84. The number of hydrogen-bond acceptors (Lipinski definition) is 4. The molecule has 1 aromatic heterocycles. The van der Waals surface area contributed by atoms with Gasteiger partial charge in [-0.1, -0.05) is 6.92 Å². The summed E-state index contributed by atoms with van der Waals surface area (Å²) in [7, 11) is 0. The molecule has 22 heavy (non-hydrogen) atoms. The molecular formula is C15H15F3N2O2. The van der Waals surface area contributed by atoms with Crippen molar-refractivity contribution in [3.05, 3.63) is 41.7 Å². The molecule has 0 saturated heterocycles. The summed E-state index contributed by atoms with van der Waals surface area (Å²) in [6, 6.07) is 3.71. The molecule has 1 heterocycles. The number of ether oxygens (including phenoxy) is 1. The molecule has 4 nitrogen and oxygen atoms in total. The fraction of sp³-hybridized carbons (Fsp3) is 0.333. The largest absolute Gasteiger partial charge is 0.494 e. The van der Waals surface area contributed by atoms with Gasteiger partial charge in [0.05, 0.1) is 18.8 Å². The first kappa shape index (κ1) is 16.2. The highest BCUT2D eigenvalue weighted by atomic mass is 19.4. The van der Waals surface area contributed by atoms with Crippen molar-refractivity contribution in [1.82, 2.24) is 9.97 Å². The number of alkyl halides is 3. The maximum Gasteiger partial charge on any atom is 0.417 e. The lowest BCUT2D eigenvalue weighted by Gasteiger charge is -2.14.